The topological polar surface area (TPSA) is 53.7 Å². The number of imidazole rings is 1. The van der Waals surface area contributed by atoms with Gasteiger partial charge in [0, 0.05) is 31.5 Å². The minimum atomic E-state index is 0.214. The van der Waals surface area contributed by atoms with Gasteiger partial charge in [-0.15, -0.1) is 0 Å². The number of rotatable bonds is 5. The molecule has 1 aliphatic rings. The second kappa shape index (κ2) is 4.43. The van der Waals surface area contributed by atoms with Gasteiger partial charge in [0.25, 0.3) is 0 Å². The van der Waals surface area contributed by atoms with E-state index < -0.39 is 0 Å². The molecule has 2 aromatic rings. The smallest absolute Gasteiger partial charge is 0.233 e. The summed E-state index contributed by atoms with van der Waals surface area (Å²) in [5.41, 5.74) is 1.13. The molecule has 0 saturated heterocycles. The standard InChI is InChI=1S/C12H16N4O/c17-7-6-15(10-2-3-10)9-11-8-14-12-13-4-1-5-16(11)12/h1,4-5,8,10,17H,2-3,6-7,9H2. The molecule has 0 atom stereocenters. The van der Waals surface area contributed by atoms with E-state index in [1.807, 2.05) is 22.9 Å². The predicted octanol–water partition coefficient (Wildman–Crippen LogP) is 0.686. The number of aliphatic hydroxyl groups is 1. The van der Waals surface area contributed by atoms with E-state index in [-0.39, 0.29) is 6.61 Å². The quantitative estimate of drug-likeness (QED) is 0.824. The minimum Gasteiger partial charge on any atom is -0.395 e. The SMILES string of the molecule is OCCN(Cc1cnc2ncccn12)C1CC1. The molecule has 0 spiro atoms. The minimum absolute atomic E-state index is 0.214. The van der Waals surface area contributed by atoms with E-state index in [2.05, 4.69) is 14.9 Å². The highest BCUT2D eigenvalue weighted by molar-refractivity contribution is 5.30. The van der Waals surface area contributed by atoms with E-state index in [9.17, 15) is 0 Å². The third-order valence-electron chi connectivity index (χ3n) is 3.18. The molecule has 0 aliphatic heterocycles. The first-order valence-electron chi connectivity index (χ1n) is 6.00. The van der Waals surface area contributed by atoms with Gasteiger partial charge in [0.15, 0.2) is 0 Å². The van der Waals surface area contributed by atoms with E-state index in [1.54, 1.807) is 6.20 Å². The lowest BCUT2D eigenvalue weighted by Gasteiger charge is -2.20. The number of aliphatic hydroxyl groups excluding tert-OH is 1. The second-order valence-electron chi connectivity index (χ2n) is 4.46. The van der Waals surface area contributed by atoms with Crippen LogP contribution in [-0.4, -0.2) is 43.6 Å². The fraction of sp³-hybridized carbons (Fsp3) is 0.500. The maximum Gasteiger partial charge on any atom is 0.233 e. The molecule has 1 aliphatic carbocycles. The van der Waals surface area contributed by atoms with Crippen LogP contribution in [-0.2, 0) is 6.54 Å². The Morgan fingerprint density at radius 3 is 3.06 bits per heavy atom. The molecule has 5 heteroatoms. The van der Waals surface area contributed by atoms with Gasteiger partial charge in [0.2, 0.25) is 5.78 Å². The monoisotopic (exact) mass is 232 g/mol. The normalized spacial score (nSPS) is 15.9. The first-order chi connectivity index (χ1) is 8.38. The van der Waals surface area contributed by atoms with Gasteiger partial charge in [-0.1, -0.05) is 0 Å². The summed E-state index contributed by atoms with van der Waals surface area (Å²) in [6, 6.07) is 2.55. The van der Waals surface area contributed by atoms with Gasteiger partial charge in [-0.2, -0.15) is 0 Å². The van der Waals surface area contributed by atoms with Gasteiger partial charge in [-0.25, -0.2) is 9.97 Å². The van der Waals surface area contributed by atoms with Crippen molar-refractivity contribution in [2.24, 2.45) is 0 Å². The Morgan fingerprint density at radius 1 is 1.41 bits per heavy atom. The molecule has 1 N–H and O–H groups in total. The summed E-state index contributed by atoms with van der Waals surface area (Å²) >= 11 is 0. The Hall–Kier alpha value is -1.46. The van der Waals surface area contributed by atoms with Gasteiger partial charge in [-0.05, 0) is 18.9 Å². The van der Waals surface area contributed by atoms with E-state index in [1.165, 1.54) is 12.8 Å². The van der Waals surface area contributed by atoms with Crippen LogP contribution in [0.4, 0.5) is 0 Å². The highest BCUT2D eigenvalue weighted by Crippen LogP contribution is 2.27. The number of nitrogens with zero attached hydrogens (tertiary/aromatic N) is 4. The molecule has 1 saturated carbocycles. The van der Waals surface area contributed by atoms with Crippen molar-refractivity contribution in [1.29, 1.82) is 0 Å². The van der Waals surface area contributed by atoms with Crippen molar-refractivity contribution in [3.05, 3.63) is 30.4 Å². The van der Waals surface area contributed by atoms with Crippen molar-refractivity contribution < 1.29 is 5.11 Å². The van der Waals surface area contributed by atoms with Gasteiger partial charge < -0.3 is 5.11 Å². The summed E-state index contributed by atoms with van der Waals surface area (Å²) in [6.45, 7) is 1.78. The molecule has 0 bridgehead atoms. The predicted molar refractivity (Wildman–Crippen MR) is 63.5 cm³/mol. The van der Waals surface area contributed by atoms with Crippen LogP contribution in [0.1, 0.15) is 18.5 Å². The van der Waals surface area contributed by atoms with Crippen LogP contribution >= 0.6 is 0 Å². The van der Waals surface area contributed by atoms with Crippen LogP contribution in [0.5, 0.6) is 0 Å². The fourth-order valence-corrected chi connectivity index (χ4v) is 2.16. The Bertz CT molecular complexity index is 506. The Kier molecular flexibility index (Phi) is 2.78. The lowest BCUT2D eigenvalue weighted by atomic mass is 10.3. The number of hydrogen-bond donors (Lipinski definition) is 1. The third kappa shape index (κ3) is 2.16. The Balaban J connectivity index is 1.83. The van der Waals surface area contributed by atoms with Crippen LogP contribution in [0.15, 0.2) is 24.7 Å². The first-order valence-corrected chi connectivity index (χ1v) is 6.00. The molecule has 0 radical (unpaired) electrons. The first kappa shape index (κ1) is 10.7. The van der Waals surface area contributed by atoms with Crippen LogP contribution in [0, 0.1) is 0 Å². The molecule has 0 amide bonds. The highest BCUT2D eigenvalue weighted by atomic mass is 16.3. The zero-order valence-electron chi connectivity index (χ0n) is 9.66. The molecular formula is C12H16N4O. The lowest BCUT2D eigenvalue weighted by Crippen LogP contribution is -2.29. The summed E-state index contributed by atoms with van der Waals surface area (Å²) in [5, 5.41) is 9.08. The van der Waals surface area contributed by atoms with Crippen molar-refractivity contribution in [3.63, 3.8) is 0 Å². The van der Waals surface area contributed by atoms with Crippen LogP contribution in [0.3, 0.4) is 0 Å². The average Bonchev–Trinajstić information content (AvgIpc) is 3.12. The highest BCUT2D eigenvalue weighted by Gasteiger charge is 2.28. The average molecular weight is 232 g/mol. The maximum atomic E-state index is 9.08. The molecule has 3 rings (SSSR count). The zero-order valence-corrected chi connectivity index (χ0v) is 9.66. The molecule has 2 heterocycles. The maximum absolute atomic E-state index is 9.08. The summed E-state index contributed by atoms with van der Waals surface area (Å²) < 4.78 is 2.01. The molecule has 5 nitrogen and oxygen atoms in total. The molecule has 0 aromatic carbocycles. The molecule has 90 valence electrons. The van der Waals surface area contributed by atoms with Crippen LogP contribution in [0.2, 0.25) is 0 Å². The van der Waals surface area contributed by atoms with Crippen molar-refractivity contribution in [3.8, 4) is 0 Å². The molecule has 1 fully saturated rings. The molecular weight excluding hydrogens is 216 g/mol. The summed E-state index contributed by atoms with van der Waals surface area (Å²) in [5.74, 6) is 0.738. The fourth-order valence-electron chi connectivity index (χ4n) is 2.16. The van der Waals surface area contributed by atoms with Gasteiger partial charge >= 0.3 is 0 Å². The van der Waals surface area contributed by atoms with Crippen molar-refractivity contribution in [2.75, 3.05) is 13.2 Å². The van der Waals surface area contributed by atoms with E-state index in [4.69, 9.17) is 5.11 Å². The Morgan fingerprint density at radius 2 is 2.29 bits per heavy atom. The number of hydrogen-bond acceptors (Lipinski definition) is 4. The van der Waals surface area contributed by atoms with Crippen LogP contribution in [0.25, 0.3) is 5.78 Å². The van der Waals surface area contributed by atoms with Crippen molar-refractivity contribution in [2.45, 2.75) is 25.4 Å². The Labute approximate surface area is 99.7 Å². The van der Waals surface area contributed by atoms with Gasteiger partial charge in [0.05, 0.1) is 18.5 Å². The molecule has 2 aromatic heterocycles. The van der Waals surface area contributed by atoms with Gasteiger partial charge in [0.1, 0.15) is 0 Å². The zero-order chi connectivity index (χ0) is 11.7. The number of aromatic nitrogens is 3. The van der Waals surface area contributed by atoms with E-state index in [0.717, 1.165) is 24.6 Å². The van der Waals surface area contributed by atoms with Gasteiger partial charge in [-0.3, -0.25) is 9.30 Å². The number of fused-ring (bicyclic) bond motifs is 1. The second-order valence-corrected chi connectivity index (χ2v) is 4.46. The van der Waals surface area contributed by atoms with E-state index in [0.29, 0.717) is 6.04 Å². The summed E-state index contributed by atoms with van der Waals surface area (Å²) in [6.07, 6.45) is 8.09. The summed E-state index contributed by atoms with van der Waals surface area (Å²) in [4.78, 5) is 10.8. The van der Waals surface area contributed by atoms with Crippen molar-refractivity contribution in [1.82, 2.24) is 19.3 Å². The lowest BCUT2D eigenvalue weighted by molar-refractivity contribution is 0.181. The van der Waals surface area contributed by atoms with Crippen molar-refractivity contribution >= 4 is 5.78 Å². The third-order valence-corrected chi connectivity index (χ3v) is 3.18. The van der Waals surface area contributed by atoms with E-state index >= 15 is 0 Å². The molecule has 17 heavy (non-hydrogen) atoms. The summed E-state index contributed by atoms with van der Waals surface area (Å²) in [7, 11) is 0. The largest absolute Gasteiger partial charge is 0.395 e. The molecule has 0 unspecified atom stereocenters. The van der Waals surface area contributed by atoms with Crippen LogP contribution < -0.4 is 0 Å².